The van der Waals surface area contributed by atoms with Crippen LogP contribution in [-0.2, 0) is 18.0 Å². The Bertz CT molecular complexity index is 757. The Morgan fingerprint density at radius 1 is 1.09 bits per heavy atom. The van der Waals surface area contributed by atoms with Gasteiger partial charge in [-0.25, -0.2) is 0 Å². The number of rotatable bonds is 4. The second kappa shape index (κ2) is 6.97. The topological polar surface area (TPSA) is 61.9 Å². The van der Waals surface area contributed by atoms with Gasteiger partial charge in [-0.1, -0.05) is 41.9 Å². The predicted molar refractivity (Wildman–Crippen MR) is 79.4 cm³/mol. The quantitative estimate of drug-likeness (QED) is 0.645. The number of pyridine rings is 1. The van der Waals surface area contributed by atoms with Crippen molar-refractivity contribution in [1.29, 1.82) is 10.8 Å². The van der Waals surface area contributed by atoms with Crippen molar-refractivity contribution in [2.24, 2.45) is 0 Å². The number of nitrogens with zero attached hydrogens (tertiary/aromatic N) is 1. The van der Waals surface area contributed by atoms with Crippen LogP contribution in [0.3, 0.4) is 0 Å². The average molecular weight is 344 g/mol. The number of hydrogen-bond acceptors (Lipinski definition) is 3. The van der Waals surface area contributed by atoms with Gasteiger partial charge in [0.25, 0.3) is 0 Å². The van der Waals surface area contributed by atoms with E-state index in [0.29, 0.717) is 4.57 Å². The van der Waals surface area contributed by atoms with Crippen LogP contribution in [-0.4, -0.2) is 16.6 Å². The molecule has 0 saturated heterocycles. The molecule has 1 heterocycles. The largest absolute Gasteiger partial charge is 0.449 e. The Hall–Kier alpha value is -2.12. The van der Waals surface area contributed by atoms with E-state index in [1.54, 1.807) is 0 Å². The molecule has 8 heteroatoms. The van der Waals surface area contributed by atoms with Crippen molar-refractivity contribution in [3.8, 4) is 0 Å². The lowest BCUT2D eigenvalue weighted by molar-refractivity contribution is -0.0629. The molecule has 0 aliphatic carbocycles. The molecule has 4 nitrogen and oxygen atoms in total. The molecule has 122 valence electrons. The molecule has 0 spiro atoms. The molecule has 0 radical (unpaired) electrons. The molecule has 1 aromatic carbocycles. The maximum atomic E-state index is 12.8. The van der Waals surface area contributed by atoms with Gasteiger partial charge in [0.15, 0.2) is 0 Å². The Balaban J connectivity index is 2.26. The van der Waals surface area contributed by atoms with Gasteiger partial charge in [0.1, 0.15) is 5.49 Å². The molecule has 2 N–H and O–H groups in total. The van der Waals surface area contributed by atoms with Crippen molar-refractivity contribution >= 4 is 17.4 Å². The second-order valence-electron chi connectivity index (χ2n) is 4.67. The fraction of sp³-hybridized carbons (Fsp3) is 0.200. The summed E-state index contributed by atoms with van der Waals surface area (Å²) < 4.78 is 44.2. The molecular weight excluding hydrogens is 331 g/mol. The van der Waals surface area contributed by atoms with Crippen LogP contribution in [0.4, 0.5) is 13.2 Å². The molecule has 23 heavy (non-hydrogen) atoms. The Kier molecular flexibility index (Phi) is 5.23. The summed E-state index contributed by atoms with van der Waals surface area (Å²) in [6, 6.07) is 11.5. The highest BCUT2D eigenvalue weighted by Gasteiger charge is 2.37. The first-order valence-corrected chi connectivity index (χ1v) is 6.91. The van der Waals surface area contributed by atoms with E-state index >= 15 is 0 Å². The number of benzene rings is 1. The van der Waals surface area contributed by atoms with Gasteiger partial charge in [-0.05, 0) is 17.7 Å². The van der Waals surface area contributed by atoms with Crippen molar-refractivity contribution in [3.05, 3.63) is 64.2 Å². The van der Waals surface area contributed by atoms with E-state index in [1.165, 1.54) is 6.07 Å². The first kappa shape index (κ1) is 17.2. The summed E-state index contributed by atoms with van der Waals surface area (Å²) in [6.07, 6.45) is -4.89. The summed E-state index contributed by atoms with van der Waals surface area (Å²) in [5.74, 6) is -1.68. The molecule has 0 aliphatic heterocycles. The molecule has 0 unspecified atom stereocenters. The Labute approximate surface area is 135 Å². The molecule has 0 atom stereocenters. The van der Waals surface area contributed by atoms with Crippen molar-refractivity contribution in [2.75, 3.05) is 0 Å². The third-order valence-corrected chi connectivity index (χ3v) is 3.36. The summed E-state index contributed by atoms with van der Waals surface area (Å²) in [5.41, 5.74) is 0.274. The lowest BCUT2D eigenvalue weighted by Crippen LogP contribution is -2.38. The lowest BCUT2D eigenvalue weighted by Gasteiger charge is -2.18. The van der Waals surface area contributed by atoms with Gasteiger partial charge in [0.05, 0.1) is 23.9 Å². The van der Waals surface area contributed by atoms with Crippen molar-refractivity contribution < 1.29 is 17.9 Å². The van der Waals surface area contributed by atoms with Crippen LogP contribution in [0, 0.1) is 10.8 Å². The first-order valence-electron chi connectivity index (χ1n) is 6.53. The number of ether oxygens (including phenoxy) is 1. The summed E-state index contributed by atoms with van der Waals surface area (Å²) in [5, 5.41) is 14.9. The van der Waals surface area contributed by atoms with E-state index in [2.05, 4.69) is 0 Å². The van der Waals surface area contributed by atoms with E-state index in [1.807, 2.05) is 30.3 Å². The molecule has 0 fully saturated rings. The zero-order valence-electron chi connectivity index (χ0n) is 11.8. The highest BCUT2D eigenvalue weighted by molar-refractivity contribution is 6.31. The molecular formula is C15H13ClF3N3O. The average Bonchev–Trinajstić information content (AvgIpc) is 2.50. The zero-order chi connectivity index (χ0) is 17.0. The van der Waals surface area contributed by atoms with E-state index in [-0.39, 0.29) is 23.9 Å². The van der Waals surface area contributed by atoms with Crippen LogP contribution in [0.25, 0.3) is 0 Å². The molecule has 0 amide bonds. The van der Waals surface area contributed by atoms with Gasteiger partial charge in [0.2, 0.25) is 5.84 Å². The fourth-order valence-corrected chi connectivity index (χ4v) is 2.13. The van der Waals surface area contributed by atoms with Gasteiger partial charge < -0.3 is 4.74 Å². The van der Waals surface area contributed by atoms with Gasteiger partial charge in [-0.2, -0.15) is 13.2 Å². The smallest absolute Gasteiger partial charge is 0.370 e. The predicted octanol–water partition coefficient (Wildman–Crippen LogP) is 3.73. The number of hydrogen-bond donors (Lipinski definition) is 2. The third-order valence-electron chi connectivity index (χ3n) is 3.02. The Morgan fingerprint density at radius 3 is 2.35 bits per heavy atom. The molecule has 1 aromatic heterocycles. The van der Waals surface area contributed by atoms with Crippen molar-refractivity contribution in [1.82, 2.24) is 4.57 Å². The van der Waals surface area contributed by atoms with Crippen LogP contribution in [0.2, 0.25) is 5.02 Å². The van der Waals surface area contributed by atoms with Crippen molar-refractivity contribution in [2.45, 2.75) is 19.4 Å². The molecule has 0 saturated carbocycles. The maximum absolute atomic E-state index is 12.8. The fourth-order valence-electron chi connectivity index (χ4n) is 1.93. The molecule has 0 aliphatic rings. The standard InChI is InChI=1S/C15H13ClF3N3O/c16-11-6-7-13(20)22(14(21)15(17,18)19)12(11)9-23-8-10-4-2-1-3-5-10/h1-7,20-21H,8-9H2. The summed E-state index contributed by atoms with van der Waals surface area (Å²) in [4.78, 5) is 0. The second-order valence-corrected chi connectivity index (χ2v) is 5.08. The SMILES string of the molecule is N=C(n1c(COCc2ccccc2)c(Cl)ccc1=N)C(F)(F)F. The van der Waals surface area contributed by atoms with Gasteiger partial charge >= 0.3 is 6.18 Å². The number of aromatic nitrogens is 1. The van der Waals surface area contributed by atoms with E-state index in [0.717, 1.165) is 11.6 Å². The summed E-state index contributed by atoms with van der Waals surface area (Å²) in [6.45, 7) is -0.0718. The van der Waals surface area contributed by atoms with Gasteiger partial charge in [-0.15, -0.1) is 0 Å². The normalized spacial score (nSPS) is 11.5. The Morgan fingerprint density at radius 2 is 1.74 bits per heavy atom. The highest BCUT2D eigenvalue weighted by Crippen LogP contribution is 2.21. The minimum Gasteiger partial charge on any atom is -0.370 e. The monoisotopic (exact) mass is 343 g/mol. The van der Waals surface area contributed by atoms with E-state index in [9.17, 15) is 13.2 Å². The number of halogens is 4. The number of alkyl halides is 3. The molecule has 0 bridgehead atoms. The first-order chi connectivity index (χ1) is 10.8. The van der Waals surface area contributed by atoms with Crippen LogP contribution in [0.15, 0.2) is 42.5 Å². The minimum atomic E-state index is -4.89. The van der Waals surface area contributed by atoms with E-state index in [4.69, 9.17) is 27.2 Å². The summed E-state index contributed by atoms with van der Waals surface area (Å²) in [7, 11) is 0. The lowest BCUT2D eigenvalue weighted by atomic mass is 10.2. The zero-order valence-corrected chi connectivity index (χ0v) is 12.6. The number of nitrogens with one attached hydrogen (secondary N) is 2. The highest BCUT2D eigenvalue weighted by atomic mass is 35.5. The van der Waals surface area contributed by atoms with Crippen LogP contribution in [0.5, 0.6) is 0 Å². The van der Waals surface area contributed by atoms with Crippen molar-refractivity contribution in [3.63, 3.8) is 0 Å². The van der Waals surface area contributed by atoms with Gasteiger partial charge in [-0.3, -0.25) is 15.4 Å². The van der Waals surface area contributed by atoms with Gasteiger partial charge in [0, 0.05) is 0 Å². The molecule has 2 aromatic rings. The maximum Gasteiger partial charge on any atom is 0.449 e. The molecule has 2 rings (SSSR count). The minimum absolute atomic E-state index is 0.00283. The summed E-state index contributed by atoms with van der Waals surface area (Å²) >= 11 is 5.93. The van der Waals surface area contributed by atoms with Crippen LogP contribution < -0.4 is 5.49 Å². The van der Waals surface area contributed by atoms with Crippen LogP contribution in [0.1, 0.15) is 11.3 Å². The third kappa shape index (κ3) is 4.20. The van der Waals surface area contributed by atoms with E-state index < -0.39 is 17.5 Å². The van der Waals surface area contributed by atoms with Crippen LogP contribution >= 0.6 is 11.6 Å².